The van der Waals surface area contributed by atoms with Gasteiger partial charge in [0.15, 0.2) is 0 Å². The molecule has 0 aliphatic carbocycles. The number of morpholine rings is 1. The number of carbonyl (C=O) groups excluding carboxylic acids is 1. The van der Waals surface area contributed by atoms with E-state index < -0.39 is 0 Å². The largest absolute Gasteiger partial charge is 0.378 e. The zero-order chi connectivity index (χ0) is 16.1. The molecule has 1 fully saturated rings. The highest BCUT2D eigenvalue weighted by molar-refractivity contribution is 8.00. The van der Waals surface area contributed by atoms with Crippen LogP contribution in [0.4, 0.5) is 0 Å². The molecule has 1 heterocycles. The first-order chi connectivity index (χ1) is 11.2. The quantitative estimate of drug-likeness (QED) is 0.802. The molecule has 3 nitrogen and oxygen atoms in total. The van der Waals surface area contributed by atoms with Gasteiger partial charge in [0, 0.05) is 18.0 Å². The van der Waals surface area contributed by atoms with Crippen molar-refractivity contribution in [3.05, 3.63) is 54.6 Å². The molecule has 1 unspecified atom stereocenters. The van der Waals surface area contributed by atoms with E-state index in [-0.39, 0.29) is 11.2 Å². The Labute approximate surface area is 141 Å². The molecule has 0 N–H and O–H groups in total. The van der Waals surface area contributed by atoms with Crippen molar-refractivity contribution in [1.82, 2.24) is 4.90 Å². The van der Waals surface area contributed by atoms with Crippen molar-refractivity contribution in [2.75, 3.05) is 26.3 Å². The number of carbonyl (C=O) groups is 1. The van der Waals surface area contributed by atoms with Crippen molar-refractivity contribution in [2.24, 2.45) is 0 Å². The van der Waals surface area contributed by atoms with E-state index in [0.29, 0.717) is 26.3 Å². The first kappa shape index (κ1) is 16.1. The average molecular weight is 327 g/mol. The lowest BCUT2D eigenvalue weighted by atomic mass is 10.1. The number of hydrogen-bond acceptors (Lipinski definition) is 3. The van der Waals surface area contributed by atoms with Crippen LogP contribution < -0.4 is 0 Å². The van der Waals surface area contributed by atoms with Gasteiger partial charge in [-0.2, -0.15) is 0 Å². The molecule has 0 spiro atoms. The molecule has 0 bridgehead atoms. The van der Waals surface area contributed by atoms with Gasteiger partial charge in [0.1, 0.15) is 0 Å². The van der Waals surface area contributed by atoms with Crippen LogP contribution in [0.25, 0.3) is 11.1 Å². The van der Waals surface area contributed by atoms with Crippen LogP contribution in [0, 0.1) is 0 Å². The molecule has 1 aliphatic heterocycles. The summed E-state index contributed by atoms with van der Waals surface area (Å²) >= 11 is 1.62. The molecule has 0 saturated carbocycles. The lowest BCUT2D eigenvalue weighted by Gasteiger charge is -2.29. The number of ether oxygens (including phenoxy) is 1. The topological polar surface area (TPSA) is 29.5 Å². The Morgan fingerprint density at radius 3 is 2.26 bits per heavy atom. The third-order valence-corrected chi connectivity index (χ3v) is 5.04. The van der Waals surface area contributed by atoms with E-state index in [1.807, 2.05) is 30.0 Å². The van der Waals surface area contributed by atoms with Crippen LogP contribution in [0.1, 0.15) is 6.92 Å². The predicted octanol–water partition coefficient (Wildman–Crippen LogP) is 3.69. The van der Waals surface area contributed by atoms with E-state index in [4.69, 9.17) is 4.74 Å². The maximum atomic E-state index is 12.4. The van der Waals surface area contributed by atoms with Crippen LogP contribution in [0.15, 0.2) is 59.5 Å². The fourth-order valence-electron chi connectivity index (χ4n) is 2.65. The van der Waals surface area contributed by atoms with E-state index in [9.17, 15) is 4.79 Å². The number of thioether (sulfide) groups is 1. The number of hydrogen-bond donors (Lipinski definition) is 0. The molecule has 2 aromatic rings. The second-order valence-corrected chi connectivity index (χ2v) is 7.00. The predicted molar refractivity (Wildman–Crippen MR) is 94.6 cm³/mol. The van der Waals surface area contributed by atoms with Gasteiger partial charge in [-0.3, -0.25) is 4.79 Å². The van der Waals surface area contributed by atoms with Crippen molar-refractivity contribution in [2.45, 2.75) is 17.1 Å². The summed E-state index contributed by atoms with van der Waals surface area (Å²) < 4.78 is 5.30. The Morgan fingerprint density at radius 1 is 1.00 bits per heavy atom. The van der Waals surface area contributed by atoms with Crippen molar-refractivity contribution in [3.63, 3.8) is 0 Å². The van der Waals surface area contributed by atoms with E-state index >= 15 is 0 Å². The van der Waals surface area contributed by atoms with Crippen molar-refractivity contribution < 1.29 is 9.53 Å². The van der Waals surface area contributed by atoms with E-state index in [2.05, 4.69) is 36.4 Å². The molecule has 0 aromatic heterocycles. The average Bonchev–Trinajstić information content (AvgIpc) is 2.63. The second kappa shape index (κ2) is 7.66. The summed E-state index contributed by atoms with van der Waals surface area (Å²) in [4.78, 5) is 15.5. The summed E-state index contributed by atoms with van der Waals surface area (Å²) in [7, 11) is 0. The summed E-state index contributed by atoms with van der Waals surface area (Å²) in [6, 6.07) is 18.7. The van der Waals surface area contributed by atoms with Gasteiger partial charge in [0.25, 0.3) is 0 Å². The van der Waals surface area contributed by atoms with Gasteiger partial charge >= 0.3 is 0 Å². The fraction of sp³-hybridized carbons (Fsp3) is 0.316. The highest BCUT2D eigenvalue weighted by Gasteiger charge is 2.23. The van der Waals surface area contributed by atoms with Gasteiger partial charge in [-0.1, -0.05) is 42.5 Å². The fourth-order valence-corrected chi connectivity index (χ4v) is 3.60. The number of rotatable bonds is 4. The van der Waals surface area contributed by atoms with E-state index in [1.54, 1.807) is 11.8 Å². The maximum Gasteiger partial charge on any atom is 0.235 e. The molecule has 120 valence electrons. The third-order valence-electron chi connectivity index (χ3n) is 3.94. The number of nitrogens with zero attached hydrogens (tertiary/aromatic N) is 1. The molecule has 1 amide bonds. The molecule has 2 aromatic carbocycles. The molecule has 4 heteroatoms. The first-order valence-electron chi connectivity index (χ1n) is 7.93. The summed E-state index contributed by atoms with van der Waals surface area (Å²) in [5, 5.41) is -0.0734. The minimum atomic E-state index is -0.0734. The summed E-state index contributed by atoms with van der Waals surface area (Å²) in [5.74, 6) is 0.199. The van der Waals surface area contributed by atoms with Gasteiger partial charge < -0.3 is 9.64 Å². The smallest absolute Gasteiger partial charge is 0.235 e. The lowest BCUT2D eigenvalue weighted by molar-refractivity contribution is -0.134. The number of benzene rings is 2. The zero-order valence-corrected chi connectivity index (χ0v) is 14.1. The lowest BCUT2D eigenvalue weighted by Crippen LogP contribution is -2.44. The molecule has 1 aliphatic rings. The van der Waals surface area contributed by atoms with Gasteiger partial charge in [-0.05, 0) is 30.2 Å². The molecule has 0 radical (unpaired) electrons. The van der Waals surface area contributed by atoms with Gasteiger partial charge in [-0.15, -0.1) is 11.8 Å². The summed E-state index contributed by atoms with van der Waals surface area (Å²) in [6.45, 7) is 4.69. The number of amides is 1. The van der Waals surface area contributed by atoms with Gasteiger partial charge in [-0.25, -0.2) is 0 Å². The van der Waals surface area contributed by atoms with Crippen molar-refractivity contribution >= 4 is 17.7 Å². The Morgan fingerprint density at radius 2 is 1.61 bits per heavy atom. The summed E-state index contributed by atoms with van der Waals surface area (Å²) in [5.41, 5.74) is 2.41. The molecule has 23 heavy (non-hydrogen) atoms. The minimum absolute atomic E-state index is 0.0734. The highest BCUT2D eigenvalue weighted by Crippen LogP contribution is 2.27. The van der Waals surface area contributed by atoms with Crippen LogP contribution in [-0.4, -0.2) is 42.4 Å². The van der Waals surface area contributed by atoms with Gasteiger partial charge in [0.2, 0.25) is 5.91 Å². The standard InChI is InChI=1S/C19H21NO2S/c1-15(19(21)20-11-13-22-14-12-20)23-18-9-7-17(8-10-18)16-5-3-2-4-6-16/h2-10,15H,11-14H2,1H3. The van der Waals surface area contributed by atoms with Crippen LogP contribution in [0.5, 0.6) is 0 Å². The van der Waals surface area contributed by atoms with Crippen LogP contribution in [0.2, 0.25) is 0 Å². The van der Waals surface area contributed by atoms with Crippen molar-refractivity contribution in [3.8, 4) is 11.1 Å². The molecule has 3 rings (SSSR count). The Bertz CT molecular complexity index is 636. The highest BCUT2D eigenvalue weighted by atomic mass is 32.2. The van der Waals surface area contributed by atoms with Gasteiger partial charge in [0.05, 0.1) is 18.5 Å². The van der Waals surface area contributed by atoms with E-state index in [1.165, 1.54) is 11.1 Å². The Balaban J connectivity index is 1.62. The molecular weight excluding hydrogens is 306 g/mol. The molecule has 1 atom stereocenters. The van der Waals surface area contributed by atoms with E-state index in [0.717, 1.165) is 4.90 Å². The Kier molecular flexibility index (Phi) is 5.36. The van der Waals surface area contributed by atoms with Crippen molar-refractivity contribution in [1.29, 1.82) is 0 Å². The monoisotopic (exact) mass is 327 g/mol. The van der Waals surface area contributed by atoms with Crippen LogP contribution in [0.3, 0.4) is 0 Å². The molecular formula is C19H21NO2S. The molecule has 1 saturated heterocycles. The van der Waals surface area contributed by atoms with Crippen LogP contribution >= 0.6 is 11.8 Å². The maximum absolute atomic E-state index is 12.4. The SMILES string of the molecule is CC(Sc1ccc(-c2ccccc2)cc1)C(=O)N1CCOCC1. The normalized spacial score (nSPS) is 16.1. The Hall–Kier alpha value is -1.78. The van der Waals surface area contributed by atoms with Crippen LogP contribution in [-0.2, 0) is 9.53 Å². The summed E-state index contributed by atoms with van der Waals surface area (Å²) in [6.07, 6.45) is 0. The third kappa shape index (κ3) is 4.15. The zero-order valence-electron chi connectivity index (χ0n) is 13.3. The minimum Gasteiger partial charge on any atom is -0.378 e. The first-order valence-corrected chi connectivity index (χ1v) is 8.81. The second-order valence-electron chi connectivity index (χ2n) is 5.59.